The Kier molecular flexibility index (Phi) is 3.37. The Hall–Kier alpha value is -3.78. The van der Waals surface area contributed by atoms with Gasteiger partial charge in [0.25, 0.3) is 5.56 Å². The maximum absolute atomic E-state index is 11.5. The third-order valence-electron chi connectivity index (χ3n) is 4.16. The lowest BCUT2D eigenvalue weighted by molar-refractivity contribution is 0.478. The minimum absolute atomic E-state index is 0.0670. The van der Waals surface area contributed by atoms with E-state index in [0.717, 1.165) is 22.9 Å². The van der Waals surface area contributed by atoms with Crippen LogP contribution < -0.4 is 5.56 Å². The van der Waals surface area contributed by atoms with Crippen molar-refractivity contribution >= 4 is 11.0 Å². The van der Waals surface area contributed by atoms with Gasteiger partial charge in [-0.1, -0.05) is 30.3 Å². The summed E-state index contributed by atoms with van der Waals surface area (Å²) >= 11 is 0. The summed E-state index contributed by atoms with van der Waals surface area (Å²) in [7, 11) is 0. The molecule has 0 aliphatic carbocycles. The van der Waals surface area contributed by atoms with Crippen molar-refractivity contribution in [3.63, 3.8) is 0 Å². The molecule has 0 saturated heterocycles. The van der Waals surface area contributed by atoms with E-state index < -0.39 is 0 Å². The van der Waals surface area contributed by atoms with Crippen LogP contribution in [-0.2, 0) is 0 Å². The van der Waals surface area contributed by atoms with Gasteiger partial charge in [-0.3, -0.25) is 4.79 Å². The van der Waals surface area contributed by atoms with Gasteiger partial charge < -0.3 is 14.7 Å². The maximum Gasteiger partial charge on any atom is 0.252 e. The van der Waals surface area contributed by atoms with Gasteiger partial charge in [0.15, 0.2) is 0 Å². The summed E-state index contributed by atoms with van der Waals surface area (Å²) in [6.45, 7) is 0. The number of hydrogen-bond acceptors (Lipinski definition) is 3. The van der Waals surface area contributed by atoms with Gasteiger partial charge in [0.2, 0.25) is 0 Å². The van der Waals surface area contributed by atoms with Crippen molar-refractivity contribution in [3.05, 3.63) is 82.8 Å². The van der Waals surface area contributed by atoms with Crippen LogP contribution in [0.1, 0.15) is 5.56 Å². The topological polar surface area (TPSA) is 81.8 Å². The summed E-state index contributed by atoms with van der Waals surface area (Å²) < 4.78 is 1.81. The molecule has 25 heavy (non-hydrogen) atoms. The number of H-pyrrole nitrogens is 1. The summed E-state index contributed by atoms with van der Waals surface area (Å²) in [6.07, 6.45) is 1.79. The van der Waals surface area contributed by atoms with E-state index in [2.05, 4.69) is 11.1 Å². The molecule has 0 unspecified atom stereocenters. The zero-order valence-electron chi connectivity index (χ0n) is 13.1. The zero-order chi connectivity index (χ0) is 17.4. The normalized spacial score (nSPS) is 10.7. The Morgan fingerprint density at radius 2 is 1.80 bits per heavy atom. The van der Waals surface area contributed by atoms with Crippen LogP contribution in [0, 0.1) is 11.3 Å². The van der Waals surface area contributed by atoms with Crippen LogP contribution in [0.5, 0.6) is 5.75 Å². The standard InChI is InChI=1S/C20H13N3O2/c21-12-14-3-1-2-4-16(14)13-5-7-15(8-6-13)23-10-9-17-20(23)18(24)11-19(25)22-17/h1-11H,(H2,22,24,25). The van der Waals surface area contributed by atoms with Crippen molar-refractivity contribution in [1.29, 1.82) is 5.26 Å². The zero-order valence-corrected chi connectivity index (χ0v) is 13.1. The monoisotopic (exact) mass is 327 g/mol. The number of fused-ring (bicyclic) bond motifs is 1. The van der Waals surface area contributed by atoms with Gasteiger partial charge in [-0.05, 0) is 35.4 Å². The molecule has 4 rings (SSSR count). The van der Waals surface area contributed by atoms with Crippen molar-refractivity contribution in [3.8, 4) is 28.6 Å². The second-order valence-corrected chi connectivity index (χ2v) is 5.67. The Morgan fingerprint density at radius 3 is 2.56 bits per heavy atom. The summed E-state index contributed by atoms with van der Waals surface area (Å²) in [6, 6.07) is 20.2. The van der Waals surface area contributed by atoms with Crippen LogP contribution in [0.15, 0.2) is 71.7 Å². The predicted octanol–water partition coefficient (Wildman–Crippen LogP) is 3.56. The molecule has 0 atom stereocenters. The number of hydrogen-bond donors (Lipinski definition) is 2. The lowest BCUT2D eigenvalue weighted by Crippen LogP contribution is -2.03. The first-order valence-corrected chi connectivity index (χ1v) is 7.70. The molecule has 2 aromatic heterocycles. The van der Waals surface area contributed by atoms with Crippen LogP contribution >= 0.6 is 0 Å². The summed E-state index contributed by atoms with van der Waals surface area (Å²) in [4.78, 5) is 14.2. The molecule has 0 saturated carbocycles. The molecule has 0 bridgehead atoms. The van der Waals surface area contributed by atoms with E-state index in [-0.39, 0.29) is 11.3 Å². The van der Waals surface area contributed by atoms with Crippen LogP contribution in [-0.4, -0.2) is 14.7 Å². The number of aromatic amines is 1. The molecule has 0 radical (unpaired) electrons. The molecule has 0 amide bonds. The second kappa shape index (κ2) is 5.69. The van der Waals surface area contributed by atoms with Gasteiger partial charge in [-0.25, -0.2) is 0 Å². The number of pyridine rings is 1. The van der Waals surface area contributed by atoms with E-state index in [1.807, 2.05) is 42.5 Å². The summed E-state index contributed by atoms with van der Waals surface area (Å²) in [5.74, 6) is -0.0670. The maximum atomic E-state index is 11.5. The Balaban J connectivity index is 1.82. The number of nitriles is 1. The molecular weight excluding hydrogens is 314 g/mol. The third-order valence-corrected chi connectivity index (χ3v) is 4.16. The first kappa shape index (κ1) is 14.8. The fourth-order valence-electron chi connectivity index (χ4n) is 3.01. The van der Waals surface area contributed by atoms with Gasteiger partial charge in [0, 0.05) is 18.0 Å². The Morgan fingerprint density at radius 1 is 1.04 bits per heavy atom. The van der Waals surface area contributed by atoms with Gasteiger partial charge in [-0.2, -0.15) is 5.26 Å². The average molecular weight is 327 g/mol. The molecule has 0 aliphatic heterocycles. The number of aromatic nitrogens is 2. The fraction of sp³-hybridized carbons (Fsp3) is 0. The van der Waals surface area contributed by atoms with Crippen molar-refractivity contribution in [1.82, 2.24) is 9.55 Å². The first-order chi connectivity index (χ1) is 12.2. The number of rotatable bonds is 2. The van der Waals surface area contributed by atoms with Crippen LogP contribution in [0.25, 0.3) is 27.8 Å². The predicted molar refractivity (Wildman–Crippen MR) is 95.7 cm³/mol. The van der Waals surface area contributed by atoms with E-state index in [1.165, 1.54) is 0 Å². The summed E-state index contributed by atoms with van der Waals surface area (Å²) in [5.41, 5.74) is 4.06. The van der Waals surface area contributed by atoms with Crippen molar-refractivity contribution in [2.75, 3.05) is 0 Å². The molecule has 0 fully saturated rings. The van der Waals surface area contributed by atoms with Crippen molar-refractivity contribution in [2.45, 2.75) is 0 Å². The minimum atomic E-state index is -0.341. The molecule has 0 aliphatic rings. The van der Waals surface area contributed by atoms with E-state index in [9.17, 15) is 15.2 Å². The van der Waals surface area contributed by atoms with E-state index in [0.29, 0.717) is 16.6 Å². The highest BCUT2D eigenvalue weighted by atomic mass is 16.3. The highest BCUT2D eigenvalue weighted by Gasteiger charge is 2.10. The van der Waals surface area contributed by atoms with Gasteiger partial charge >= 0.3 is 0 Å². The smallest absolute Gasteiger partial charge is 0.252 e. The van der Waals surface area contributed by atoms with E-state index in [4.69, 9.17) is 0 Å². The van der Waals surface area contributed by atoms with Gasteiger partial charge in [0.1, 0.15) is 11.3 Å². The highest BCUT2D eigenvalue weighted by Crippen LogP contribution is 2.28. The van der Waals surface area contributed by atoms with E-state index >= 15 is 0 Å². The number of benzene rings is 2. The molecule has 5 heteroatoms. The summed E-state index contributed by atoms with van der Waals surface area (Å²) in [5, 5.41) is 19.4. The van der Waals surface area contributed by atoms with Crippen LogP contribution in [0.4, 0.5) is 0 Å². The SMILES string of the molecule is N#Cc1ccccc1-c1ccc(-n2ccc3[nH]c(=O)cc(O)c32)cc1. The molecule has 2 heterocycles. The molecule has 5 nitrogen and oxygen atoms in total. The van der Waals surface area contributed by atoms with Crippen molar-refractivity contribution in [2.24, 2.45) is 0 Å². The van der Waals surface area contributed by atoms with Crippen molar-refractivity contribution < 1.29 is 5.11 Å². The number of nitrogens with one attached hydrogen (secondary N) is 1. The quantitative estimate of drug-likeness (QED) is 0.590. The molecule has 2 aromatic carbocycles. The Labute approximate surface area is 143 Å². The Bertz CT molecular complexity index is 1180. The molecule has 4 aromatic rings. The van der Waals surface area contributed by atoms with Gasteiger partial charge in [-0.15, -0.1) is 0 Å². The molecule has 120 valence electrons. The third kappa shape index (κ3) is 2.46. The lowest BCUT2D eigenvalue weighted by Gasteiger charge is -2.09. The molecular formula is C20H13N3O2. The number of aromatic hydroxyl groups is 1. The largest absolute Gasteiger partial charge is 0.505 e. The van der Waals surface area contributed by atoms with Crippen LogP contribution in [0.2, 0.25) is 0 Å². The fourth-order valence-corrected chi connectivity index (χ4v) is 3.01. The second-order valence-electron chi connectivity index (χ2n) is 5.67. The lowest BCUT2D eigenvalue weighted by atomic mass is 10.0. The minimum Gasteiger partial charge on any atom is -0.505 e. The molecule has 2 N–H and O–H groups in total. The van der Waals surface area contributed by atoms with Gasteiger partial charge in [0.05, 0.1) is 17.1 Å². The van der Waals surface area contributed by atoms with Crippen LogP contribution in [0.3, 0.4) is 0 Å². The first-order valence-electron chi connectivity index (χ1n) is 7.70. The number of nitrogens with zero attached hydrogens (tertiary/aromatic N) is 2. The van der Waals surface area contributed by atoms with E-state index in [1.54, 1.807) is 22.9 Å². The molecule has 0 spiro atoms. The average Bonchev–Trinajstić information content (AvgIpc) is 3.06. The highest BCUT2D eigenvalue weighted by molar-refractivity contribution is 5.84.